The van der Waals surface area contributed by atoms with Gasteiger partial charge in [0.2, 0.25) is 11.8 Å². The van der Waals surface area contributed by atoms with E-state index in [0.717, 1.165) is 38.4 Å². The summed E-state index contributed by atoms with van der Waals surface area (Å²) in [6.07, 6.45) is 5.54. The first-order chi connectivity index (χ1) is 16.7. The van der Waals surface area contributed by atoms with Crippen molar-refractivity contribution in [2.24, 2.45) is 23.7 Å². The van der Waals surface area contributed by atoms with Crippen LogP contribution in [0.25, 0.3) is 0 Å². The van der Waals surface area contributed by atoms with Gasteiger partial charge in [0.15, 0.2) is 0 Å². The molecule has 0 radical (unpaired) electrons. The van der Waals surface area contributed by atoms with Crippen molar-refractivity contribution in [2.75, 3.05) is 50.8 Å². The fraction of sp³-hybridized carbons (Fsp3) is 0.615. The molecule has 2 heterocycles. The minimum atomic E-state index is -1.35. The summed E-state index contributed by atoms with van der Waals surface area (Å²) in [6, 6.07) is 6.02. The third kappa shape index (κ3) is 7.78. The maximum atomic E-state index is 13.1. The number of rotatable bonds is 10. The Morgan fingerprint density at radius 3 is 2.54 bits per heavy atom. The molecular weight excluding hydrogens is 448 g/mol. The van der Waals surface area contributed by atoms with Crippen LogP contribution < -0.4 is 20.3 Å². The third-order valence-corrected chi connectivity index (χ3v) is 7.16. The molecule has 1 fully saturated rings. The van der Waals surface area contributed by atoms with Crippen LogP contribution in [-0.4, -0.2) is 68.6 Å². The average molecular weight is 487 g/mol. The number of ether oxygens (including phenoxy) is 1. The van der Waals surface area contributed by atoms with E-state index in [1.54, 1.807) is 0 Å². The van der Waals surface area contributed by atoms with Gasteiger partial charge in [-0.1, -0.05) is 31.6 Å². The SMILES string of the molecule is CC1=C[C@@H](CNC(=O)COCC(=O)[O-])[C@H](C(C)C)C[C@H]1CC(=O)N1CCN(c2cccc[nH+]2)CC1. The van der Waals surface area contributed by atoms with Crippen molar-refractivity contribution in [1.82, 2.24) is 10.2 Å². The highest BCUT2D eigenvalue weighted by atomic mass is 16.5. The monoisotopic (exact) mass is 486 g/mol. The van der Waals surface area contributed by atoms with Gasteiger partial charge in [0.25, 0.3) is 5.82 Å². The second-order valence-electron chi connectivity index (χ2n) is 9.90. The Morgan fingerprint density at radius 2 is 1.91 bits per heavy atom. The summed E-state index contributed by atoms with van der Waals surface area (Å²) in [5, 5.41) is 13.3. The average Bonchev–Trinajstić information content (AvgIpc) is 2.84. The first-order valence-electron chi connectivity index (χ1n) is 12.5. The minimum absolute atomic E-state index is 0.164. The largest absolute Gasteiger partial charge is 0.548 e. The molecule has 0 aromatic carbocycles. The quantitative estimate of drug-likeness (QED) is 0.475. The number of carbonyl (C=O) groups is 3. The second-order valence-corrected chi connectivity index (χ2v) is 9.90. The van der Waals surface area contributed by atoms with Crippen LogP contribution in [0.3, 0.4) is 0 Å². The first-order valence-corrected chi connectivity index (χ1v) is 12.5. The molecule has 0 bridgehead atoms. The van der Waals surface area contributed by atoms with E-state index in [-0.39, 0.29) is 30.3 Å². The summed E-state index contributed by atoms with van der Waals surface area (Å²) in [7, 11) is 0. The van der Waals surface area contributed by atoms with Crippen molar-refractivity contribution in [2.45, 2.75) is 33.6 Å². The second kappa shape index (κ2) is 12.7. The predicted molar refractivity (Wildman–Crippen MR) is 129 cm³/mol. The number of aromatic nitrogens is 1. The number of H-pyrrole nitrogens is 1. The van der Waals surface area contributed by atoms with Crippen LogP contribution in [0.4, 0.5) is 5.82 Å². The molecular formula is C26H38N4O5. The first kappa shape index (κ1) is 26.7. The fourth-order valence-corrected chi connectivity index (χ4v) is 5.13. The zero-order valence-corrected chi connectivity index (χ0v) is 21.0. The van der Waals surface area contributed by atoms with Crippen LogP contribution in [0.2, 0.25) is 0 Å². The number of carboxylic acid groups (broad SMARTS) is 1. The molecule has 0 spiro atoms. The van der Waals surface area contributed by atoms with Crippen LogP contribution in [-0.2, 0) is 19.1 Å². The smallest absolute Gasteiger partial charge is 0.274 e. The predicted octanol–water partition coefficient (Wildman–Crippen LogP) is 0.277. The van der Waals surface area contributed by atoms with Crippen molar-refractivity contribution in [3.63, 3.8) is 0 Å². The highest BCUT2D eigenvalue weighted by Gasteiger charge is 2.34. The topological polar surface area (TPSA) is 116 Å². The number of anilines is 1. The zero-order chi connectivity index (χ0) is 25.4. The van der Waals surface area contributed by atoms with E-state index in [1.807, 2.05) is 23.2 Å². The normalized spacial score (nSPS) is 22.6. The molecule has 3 rings (SSSR count). The van der Waals surface area contributed by atoms with Gasteiger partial charge in [0.05, 0.1) is 31.9 Å². The van der Waals surface area contributed by atoms with E-state index in [2.05, 4.69) is 48.1 Å². The maximum Gasteiger partial charge on any atom is 0.274 e. The molecule has 35 heavy (non-hydrogen) atoms. The van der Waals surface area contributed by atoms with Gasteiger partial charge in [-0.2, -0.15) is 0 Å². The standard InChI is InChI=1S/C26H38N4O5/c1-18(2)22-13-20(19(3)12-21(22)15-28-24(31)16-35-17-26(33)34)14-25(32)30-10-8-29(9-11-30)23-6-4-5-7-27-23/h4-7,12,18,20-22H,8-11,13-17H2,1-3H3,(H,28,31)(H,33,34)/t20-,21-,22-/m0/s1. The molecule has 0 unspecified atom stereocenters. The number of aromatic amines is 1. The number of hydrogen-bond acceptors (Lipinski definition) is 6. The molecule has 1 aromatic heterocycles. The fourth-order valence-electron chi connectivity index (χ4n) is 5.13. The molecule has 2 aliphatic rings. The number of aliphatic carboxylic acids is 1. The Hall–Kier alpha value is -2.94. The van der Waals surface area contributed by atoms with E-state index in [9.17, 15) is 19.5 Å². The minimum Gasteiger partial charge on any atom is -0.548 e. The van der Waals surface area contributed by atoms with Crippen molar-refractivity contribution in [3.8, 4) is 0 Å². The molecule has 0 saturated carbocycles. The molecule has 1 aromatic rings. The lowest BCUT2D eigenvalue weighted by Gasteiger charge is -2.38. The van der Waals surface area contributed by atoms with Gasteiger partial charge < -0.3 is 24.9 Å². The van der Waals surface area contributed by atoms with Crippen LogP contribution in [0.1, 0.15) is 33.6 Å². The summed E-state index contributed by atoms with van der Waals surface area (Å²) in [5.41, 5.74) is 1.19. The molecule has 9 nitrogen and oxygen atoms in total. The number of carboxylic acids is 1. The van der Waals surface area contributed by atoms with Crippen LogP contribution in [0, 0.1) is 23.7 Å². The van der Waals surface area contributed by atoms with E-state index >= 15 is 0 Å². The van der Waals surface area contributed by atoms with Crippen molar-refractivity contribution < 1.29 is 29.2 Å². The number of carbonyl (C=O) groups excluding carboxylic acids is 3. The third-order valence-electron chi connectivity index (χ3n) is 7.16. The maximum absolute atomic E-state index is 13.1. The molecule has 2 amide bonds. The molecule has 2 N–H and O–H groups in total. The Labute approximate surface area is 207 Å². The summed E-state index contributed by atoms with van der Waals surface area (Å²) in [6.45, 7) is 9.07. The Kier molecular flexibility index (Phi) is 9.65. The highest BCUT2D eigenvalue weighted by molar-refractivity contribution is 5.78. The van der Waals surface area contributed by atoms with Crippen molar-refractivity contribution in [3.05, 3.63) is 36.0 Å². The Bertz CT molecular complexity index is 896. The van der Waals surface area contributed by atoms with Gasteiger partial charge in [-0.05, 0) is 43.1 Å². The summed E-state index contributed by atoms with van der Waals surface area (Å²) in [5.74, 6) is 0.703. The highest BCUT2D eigenvalue weighted by Crippen LogP contribution is 2.39. The Morgan fingerprint density at radius 1 is 1.17 bits per heavy atom. The van der Waals surface area contributed by atoms with E-state index in [4.69, 9.17) is 4.74 Å². The van der Waals surface area contributed by atoms with Gasteiger partial charge in [-0.3, -0.25) is 14.5 Å². The van der Waals surface area contributed by atoms with Crippen molar-refractivity contribution >= 4 is 23.6 Å². The molecule has 1 aliphatic carbocycles. The molecule has 192 valence electrons. The number of allylic oxidation sites excluding steroid dienone is 1. The van der Waals surface area contributed by atoms with Gasteiger partial charge in [-0.25, -0.2) is 4.98 Å². The summed E-state index contributed by atoms with van der Waals surface area (Å²) in [4.78, 5) is 43.1. The Balaban J connectivity index is 1.51. The van der Waals surface area contributed by atoms with Gasteiger partial charge in [0, 0.05) is 19.0 Å². The number of amides is 2. The van der Waals surface area contributed by atoms with Crippen LogP contribution in [0.5, 0.6) is 0 Å². The van der Waals surface area contributed by atoms with E-state index in [0.29, 0.717) is 24.8 Å². The molecule has 3 atom stereocenters. The number of nitrogens with one attached hydrogen (secondary N) is 2. The van der Waals surface area contributed by atoms with E-state index < -0.39 is 12.6 Å². The number of pyridine rings is 1. The molecule has 1 aliphatic heterocycles. The van der Waals surface area contributed by atoms with Crippen LogP contribution in [0.15, 0.2) is 36.0 Å². The molecule has 9 heteroatoms. The van der Waals surface area contributed by atoms with E-state index in [1.165, 1.54) is 5.57 Å². The van der Waals surface area contributed by atoms with Crippen molar-refractivity contribution in [1.29, 1.82) is 0 Å². The molecule has 1 saturated heterocycles. The number of piperazine rings is 1. The zero-order valence-electron chi connectivity index (χ0n) is 21.0. The summed E-state index contributed by atoms with van der Waals surface area (Å²) < 4.78 is 4.81. The van der Waals surface area contributed by atoms with Gasteiger partial charge >= 0.3 is 0 Å². The number of nitrogens with zero attached hydrogens (tertiary/aromatic N) is 2. The van der Waals surface area contributed by atoms with Crippen LogP contribution >= 0.6 is 0 Å². The van der Waals surface area contributed by atoms with Gasteiger partial charge in [-0.15, -0.1) is 0 Å². The number of hydrogen-bond donors (Lipinski definition) is 1. The lowest BCUT2D eigenvalue weighted by molar-refractivity contribution is -0.364. The lowest BCUT2D eigenvalue weighted by atomic mass is 9.69. The lowest BCUT2D eigenvalue weighted by Crippen LogP contribution is -2.50. The summed E-state index contributed by atoms with van der Waals surface area (Å²) >= 11 is 0. The van der Waals surface area contributed by atoms with Gasteiger partial charge in [0.1, 0.15) is 19.7 Å².